The van der Waals surface area contributed by atoms with Crippen LogP contribution >= 0.6 is 11.6 Å². The summed E-state index contributed by atoms with van der Waals surface area (Å²) in [5, 5.41) is 3.69. The van der Waals surface area contributed by atoms with Crippen LogP contribution in [0.5, 0.6) is 0 Å². The third-order valence-electron chi connectivity index (χ3n) is 2.88. The van der Waals surface area contributed by atoms with Crippen molar-refractivity contribution in [2.75, 3.05) is 12.3 Å². The zero-order valence-corrected chi connectivity index (χ0v) is 11.3. The van der Waals surface area contributed by atoms with Gasteiger partial charge in [0.05, 0.1) is 6.04 Å². The summed E-state index contributed by atoms with van der Waals surface area (Å²) < 4.78 is 14.0. The molecule has 0 saturated heterocycles. The van der Waals surface area contributed by atoms with Gasteiger partial charge < -0.3 is 11.1 Å². The first-order chi connectivity index (χ1) is 9.13. The van der Waals surface area contributed by atoms with Gasteiger partial charge >= 0.3 is 0 Å². The molecule has 1 aromatic carbocycles. The van der Waals surface area contributed by atoms with Crippen LogP contribution in [-0.4, -0.2) is 11.5 Å². The fourth-order valence-electron chi connectivity index (χ4n) is 1.99. The van der Waals surface area contributed by atoms with E-state index in [2.05, 4.69) is 10.3 Å². The molecule has 0 aliphatic heterocycles. The highest BCUT2D eigenvalue weighted by Gasteiger charge is 2.19. The minimum absolute atomic E-state index is 0.321. The lowest BCUT2D eigenvalue weighted by molar-refractivity contribution is 0.559. The highest BCUT2D eigenvalue weighted by atomic mass is 35.5. The number of pyridine rings is 1. The Morgan fingerprint density at radius 1 is 1.37 bits per heavy atom. The Morgan fingerprint density at radius 3 is 2.84 bits per heavy atom. The molecule has 1 aromatic heterocycles. The Balaban J connectivity index is 2.51. The van der Waals surface area contributed by atoms with Gasteiger partial charge in [-0.15, -0.1) is 0 Å². The lowest BCUT2D eigenvalue weighted by Gasteiger charge is -2.20. The third-order valence-corrected chi connectivity index (χ3v) is 3.11. The van der Waals surface area contributed by atoms with Crippen molar-refractivity contribution in [1.82, 2.24) is 10.3 Å². The van der Waals surface area contributed by atoms with Crippen molar-refractivity contribution in [2.45, 2.75) is 13.0 Å². The highest BCUT2D eigenvalue weighted by Crippen LogP contribution is 2.29. The molecule has 0 aliphatic carbocycles. The number of benzene rings is 1. The van der Waals surface area contributed by atoms with Crippen molar-refractivity contribution in [3.8, 4) is 0 Å². The molecule has 100 valence electrons. The van der Waals surface area contributed by atoms with E-state index in [0.29, 0.717) is 22.8 Å². The summed E-state index contributed by atoms with van der Waals surface area (Å²) in [7, 11) is 0. The van der Waals surface area contributed by atoms with Crippen molar-refractivity contribution in [2.24, 2.45) is 0 Å². The molecule has 1 heterocycles. The molecule has 2 rings (SSSR count). The molecule has 0 saturated carbocycles. The largest absolute Gasteiger partial charge is 0.398 e. The predicted octanol–water partition coefficient (Wildman–Crippen LogP) is 3.16. The number of halogens is 2. The fourth-order valence-corrected chi connectivity index (χ4v) is 2.17. The summed E-state index contributed by atoms with van der Waals surface area (Å²) in [5.41, 5.74) is 7.72. The van der Waals surface area contributed by atoms with Gasteiger partial charge in [-0.3, -0.25) is 4.98 Å². The van der Waals surface area contributed by atoms with Crippen LogP contribution in [0.15, 0.2) is 36.7 Å². The van der Waals surface area contributed by atoms with Crippen LogP contribution in [0.1, 0.15) is 24.1 Å². The maximum absolute atomic E-state index is 14.0. The van der Waals surface area contributed by atoms with E-state index in [4.69, 9.17) is 17.3 Å². The van der Waals surface area contributed by atoms with Gasteiger partial charge in [-0.05, 0) is 30.8 Å². The van der Waals surface area contributed by atoms with Crippen molar-refractivity contribution in [3.63, 3.8) is 0 Å². The number of rotatable bonds is 4. The number of anilines is 1. The second-order valence-electron chi connectivity index (χ2n) is 4.16. The van der Waals surface area contributed by atoms with Crippen LogP contribution < -0.4 is 11.1 Å². The third kappa shape index (κ3) is 3.03. The van der Waals surface area contributed by atoms with Gasteiger partial charge in [-0.1, -0.05) is 18.5 Å². The maximum atomic E-state index is 14.0. The predicted molar refractivity (Wildman–Crippen MR) is 75.6 cm³/mol. The Hall–Kier alpha value is -1.65. The van der Waals surface area contributed by atoms with Gasteiger partial charge in [-0.2, -0.15) is 0 Å². The lowest BCUT2D eigenvalue weighted by Crippen LogP contribution is -2.24. The fraction of sp³-hybridized carbons (Fsp3) is 0.214. The number of nitrogen functional groups attached to an aromatic ring is 1. The van der Waals surface area contributed by atoms with E-state index in [0.717, 1.165) is 5.56 Å². The topological polar surface area (TPSA) is 50.9 Å². The van der Waals surface area contributed by atoms with E-state index in [1.165, 1.54) is 12.1 Å². The molecule has 1 unspecified atom stereocenters. The van der Waals surface area contributed by atoms with E-state index >= 15 is 0 Å². The average Bonchev–Trinajstić information content (AvgIpc) is 2.40. The van der Waals surface area contributed by atoms with E-state index < -0.39 is 0 Å². The van der Waals surface area contributed by atoms with Crippen molar-refractivity contribution < 1.29 is 4.39 Å². The monoisotopic (exact) mass is 279 g/mol. The maximum Gasteiger partial charge on any atom is 0.128 e. The normalized spacial score (nSPS) is 12.4. The van der Waals surface area contributed by atoms with E-state index in [1.54, 1.807) is 24.5 Å². The van der Waals surface area contributed by atoms with Crippen LogP contribution in [-0.2, 0) is 0 Å². The Morgan fingerprint density at radius 2 is 2.16 bits per heavy atom. The van der Waals surface area contributed by atoms with E-state index in [-0.39, 0.29) is 11.9 Å². The Bertz CT molecular complexity index is 574. The van der Waals surface area contributed by atoms with E-state index in [9.17, 15) is 4.39 Å². The summed E-state index contributed by atoms with van der Waals surface area (Å²) in [5.74, 6) is -0.321. The highest BCUT2D eigenvalue weighted by molar-refractivity contribution is 6.30. The summed E-state index contributed by atoms with van der Waals surface area (Å²) in [6, 6.07) is 5.82. The summed E-state index contributed by atoms with van der Waals surface area (Å²) in [4.78, 5) is 4.05. The van der Waals surface area contributed by atoms with Crippen LogP contribution in [0.2, 0.25) is 5.02 Å². The van der Waals surface area contributed by atoms with Crippen LogP contribution in [0.4, 0.5) is 10.1 Å². The summed E-state index contributed by atoms with van der Waals surface area (Å²) in [6.45, 7) is 2.62. The standard InChI is InChI=1S/C14H15ClFN3/c1-2-19-14(11-8-18-6-5-13(11)17)10-7-9(15)3-4-12(10)16/h3-8,14,19H,2H2,1H3,(H2,17,18). The number of nitrogens with one attached hydrogen (secondary N) is 1. The second kappa shape index (κ2) is 5.99. The smallest absolute Gasteiger partial charge is 0.128 e. The molecule has 0 fully saturated rings. The van der Waals surface area contributed by atoms with Crippen molar-refractivity contribution in [3.05, 3.63) is 58.6 Å². The quantitative estimate of drug-likeness (QED) is 0.904. The molecule has 1 atom stereocenters. The lowest BCUT2D eigenvalue weighted by atomic mass is 9.98. The zero-order valence-electron chi connectivity index (χ0n) is 10.5. The van der Waals surface area contributed by atoms with Crippen LogP contribution in [0.25, 0.3) is 0 Å². The van der Waals surface area contributed by atoms with Gasteiger partial charge in [0.2, 0.25) is 0 Å². The molecular formula is C14H15ClFN3. The van der Waals surface area contributed by atoms with Gasteiger partial charge in [0.15, 0.2) is 0 Å². The molecule has 3 N–H and O–H groups in total. The Labute approximate surface area is 116 Å². The average molecular weight is 280 g/mol. The number of nitrogens with zero attached hydrogens (tertiary/aromatic N) is 1. The van der Waals surface area contributed by atoms with Gasteiger partial charge in [0, 0.05) is 34.2 Å². The number of hydrogen-bond donors (Lipinski definition) is 2. The second-order valence-corrected chi connectivity index (χ2v) is 4.60. The number of nitrogens with two attached hydrogens (primary N) is 1. The SMILES string of the molecule is CCNC(c1cnccc1N)c1cc(Cl)ccc1F. The Kier molecular flexibility index (Phi) is 4.35. The van der Waals surface area contributed by atoms with Crippen molar-refractivity contribution in [1.29, 1.82) is 0 Å². The zero-order chi connectivity index (χ0) is 13.8. The van der Waals surface area contributed by atoms with Gasteiger partial charge in [0.1, 0.15) is 5.82 Å². The van der Waals surface area contributed by atoms with Crippen LogP contribution in [0.3, 0.4) is 0 Å². The first kappa shape index (κ1) is 13.8. The van der Waals surface area contributed by atoms with E-state index in [1.807, 2.05) is 6.92 Å². The molecule has 3 nitrogen and oxygen atoms in total. The molecule has 0 radical (unpaired) electrons. The molecule has 0 amide bonds. The molecule has 5 heteroatoms. The first-order valence-electron chi connectivity index (χ1n) is 6.01. The van der Waals surface area contributed by atoms with Crippen LogP contribution in [0, 0.1) is 5.82 Å². The molecule has 2 aromatic rings. The van der Waals surface area contributed by atoms with Gasteiger partial charge in [0.25, 0.3) is 0 Å². The molecular weight excluding hydrogens is 265 g/mol. The number of hydrogen-bond acceptors (Lipinski definition) is 3. The molecule has 0 bridgehead atoms. The summed E-state index contributed by atoms with van der Waals surface area (Å²) >= 11 is 5.95. The van der Waals surface area contributed by atoms with Gasteiger partial charge in [-0.25, -0.2) is 4.39 Å². The first-order valence-corrected chi connectivity index (χ1v) is 6.39. The summed E-state index contributed by atoms with van der Waals surface area (Å²) in [6.07, 6.45) is 3.25. The molecule has 0 spiro atoms. The minimum Gasteiger partial charge on any atom is -0.398 e. The molecule has 19 heavy (non-hydrogen) atoms. The number of aromatic nitrogens is 1. The minimum atomic E-state index is -0.364. The van der Waals surface area contributed by atoms with Crippen molar-refractivity contribution >= 4 is 17.3 Å². The molecule has 0 aliphatic rings.